The molecule has 10 heavy (non-hydrogen) atoms. The Morgan fingerprint density at radius 3 is 2.70 bits per heavy atom. The van der Waals surface area contributed by atoms with Crippen molar-refractivity contribution < 1.29 is 14.9 Å². The van der Waals surface area contributed by atoms with Crippen molar-refractivity contribution in [2.45, 2.75) is 5.79 Å². The molecule has 0 aromatic heterocycles. The van der Waals surface area contributed by atoms with Gasteiger partial charge in [0.25, 0.3) is 0 Å². The minimum atomic E-state index is -1.90. The van der Waals surface area contributed by atoms with E-state index in [1.807, 2.05) is 0 Å². The molecule has 0 aliphatic carbocycles. The Morgan fingerprint density at radius 1 is 1.60 bits per heavy atom. The first kappa shape index (κ1) is 7.60. The van der Waals surface area contributed by atoms with Gasteiger partial charge in [0, 0.05) is 12.2 Å². The highest BCUT2D eigenvalue weighted by atomic mass is 35.5. The highest BCUT2D eigenvalue weighted by Crippen LogP contribution is 2.15. The van der Waals surface area contributed by atoms with Gasteiger partial charge in [0.1, 0.15) is 5.76 Å². The molecule has 0 amide bonds. The predicted molar refractivity (Wildman–Crippen MR) is 36.2 cm³/mol. The molecule has 1 aliphatic heterocycles. The molecule has 56 valence electrons. The summed E-state index contributed by atoms with van der Waals surface area (Å²) in [6.07, 6.45) is 3.45. The predicted octanol–water partition coefficient (Wildman–Crippen LogP) is 0.334. The SMILES string of the molecule is OC1(O)C=COC(CCl)=C1. The summed E-state index contributed by atoms with van der Waals surface area (Å²) in [4.78, 5) is 0. The second kappa shape index (κ2) is 2.62. The maximum atomic E-state index is 8.93. The average Bonchev–Trinajstić information content (AvgIpc) is 1.86. The average molecular weight is 163 g/mol. The molecule has 0 saturated heterocycles. The molecule has 1 aliphatic rings. The first-order valence-electron chi connectivity index (χ1n) is 2.71. The van der Waals surface area contributed by atoms with E-state index in [9.17, 15) is 0 Å². The normalized spacial score (nSPS) is 21.7. The van der Waals surface area contributed by atoms with Crippen molar-refractivity contribution in [1.29, 1.82) is 0 Å². The fourth-order valence-corrected chi connectivity index (χ4v) is 0.751. The van der Waals surface area contributed by atoms with Crippen LogP contribution in [0.15, 0.2) is 24.2 Å². The molecule has 0 atom stereocenters. The minimum Gasteiger partial charge on any atom is -0.468 e. The van der Waals surface area contributed by atoms with Crippen LogP contribution in [-0.4, -0.2) is 21.9 Å². The second-order valence-electron chi connectivity index (χ2n) is 1.95. The molecule has 0 fully saturated rings. The van der Waals surface area contributed by atoms with E-state index in [2.05, 4.69) is 0 Å². The highest BCUT2D eigenvalue weighted by Gasteiger charge is 2.20. The van der Waals surface area contributed by atoms with Crippen LogP contribution >= 0.6 is 11.6 Å². The monoisotopic (exact) mass is 162 g/mol. The third kappa shape index (κ3) is 1.73. The molecule has 0 aromatic carbocycles. The van der Waals surface area contributed by atoms with Crippen LogP contribution in [0.4, 0.5) is 0 Å². The first-order chi connectivity index (χ1) is 4.64. The van der Waals surface area contributed by atoms with Gasteiger partial charge in [-0.1, -0.05) is 0 Å². The van der Waals surface area contributed by atoms with Crippen LogP contribution in [0.25, 0.3) is 0 Å². The van der Waals surface area contributed by atoms with Crippen molar-refractivity contribution in [2.24, 2.45) is 0 Å². The van der Waals surface area contributed by atoms with E-state index in [1.165, 1.54) is 6.26 Å². The van der Waals surface area contributed by atoms with Gasteiger partial charge in [-0.05, 0) is 0 Å². The lowest BCUT2D eigenvalue weighted by Crippen LogP contribution is -2.24. The summed E-state index contributed by atoms with van der Waals surface area (Å²) in [6, 6.07) is 0. The summed E-state index contributed by atoms with van der Waals surface area (Å²) < 4.78 is 4.79. The third-order valence-electron chi connectivity index (χ3n) is 1.04. The molecule has 0 aromatic rings. The number of alkyl halides is 1. The van der Waals surface area contributed by atoms with Crippen molar-refractivity contribution >= 4 is 11.6 Å². The van der Waals surface area contributed by atoms with E-state index < -0.39 is 5.79 Å². The van der Waals surface area contributed by atoms with Crippen LogP contribution in [0, 0.1) is 0 Å². The summed E-state index contributed by atoms with van der Waals surface area (Å²) in [5.41, 5.74) is 0. The lowest BCUT2D eigenvalue weighted by Gasteiger charge is -2.17. The molecule has 0 bridgehead atoms. The third-order valence-corrected chi connectivity index (χ3v) is 1.30. The Hall–Kier alpha value is -0.510. The Kier molecular flexibility index (Phi) is 1.99. The molecule has 0 unspecified atom stereocenters. The molecule has 0 saturated carbocycles. The van der Waals surface area contributed by atoms with Gasteiger partial charge >= 0.3 is 0 Å². The molecular formula is C6H7ClO3. The van der Waals surface area contributed by atoms with Crippen LogP contribution in [0.5, 0.6) is 0 Å². The largest absolute Gasteiger partial charge is 0.468 e. The van der Waals surface area contributed by atoms with Crippen molar-refractivity contribution in [3.8, 4) is 0 Å². The van der Waals surface area contributed by atoms with Gasteiger partial charge in [-0.3, -0.25) is 0 Å². The summed E-state index contributed by atoms with van der Waals surface area (Å²) in [5, 5.41) is 17.9. The summed E-state index contributed by atoms with van der Waals surface area (Å²) in [7, 11) is 0. The van der Waals surface area contributed by atoms with E-state index in [0.717, 1.165) is 12.2 Å². The van der Waals surface area contributed by atoms with Gasteiger partial charge < -0.3 is 14.9 Å². The second-order valence-corrected chi connectivity index (χ2v) is 2.22. The molecule has 0 radical (unpaired) electrons. The molecule has 2 N–H and O–H groups in total. The zero-order chi connectivity index (χ0) is 7.61. The zero-order valence-corrected chi connectivity index (χ0v) is 5.88. The maximum Gasteiger partial charge on any atom is 0.209 e. The number of ether oxygens (including phenoxy) is 1. The van der Waals surface area contributed by atoms with Gasteiger partial charge in [-0.2, -0.15) is 0 Å². The number of aliphatic hydroxyl groups is 2. The fraction of sp³-hybridized carbons (Fsp3) is 0.333. The van der Waals surface area contributed by atoms with E-state index in [0.29, 0.717) is 5.76 Å². The zero-order valence-electron chi connectivity index (χ0n) is 5.12. The van der Waals surface area contributed by atoms with Crippen LogP contribution in [0.3, 0.4) is 0 Å². The summed E-state index contributed by atoms with van der Waals surface area (Å²) >= 11 is 5.36. The van der Waals surface area contributed by atoms with Gasteiger partial charge in [-0.25, -0.2) is 0 Å². The first-order valence-corrected chi connectivity index (χ1v) is 3.24. The Labute approximate surface area is 63.2 Å². The number of allylic oxidation sites excluding steroid dienone is 1. The quantitative estimate of drug-likeness (QED) is 0.432. The Bertz CT molecular complexity index is 183. The van der Waals surface area contributed by atoms with Gasteiger partial charge in [-0.15, -0.1) is 11.6 Å². The van der Waals surface area contributed by atoms with E-state index in [-0.39, 0.29) is 5.88 Å². The van der Waals surface area contributed by atoms with Crippen LogP contribution in [0.2, 0.25) is 0 Å². The van der Waals surface area contributed by atoms with Crippen molar-refractivity contribution in [2.75, 3.05) is 5.88 Å². The Morgan fingerprint density at radius 2 is 2.30 bits per heavy atom. The van der Waals surface area contributed by atoms with Gasteiger partial charge in [0.15, 0.2) is 0 Å². The number of hydrogen-bond donors (Lipinski definition) is 2. The highest BCUT2D eigenvalue weighted by molar-refractivity contribution is 6.19. The molecular weight excluding hydrogens is 156 g/mol. The van der Waals surface area contributed by atoms with Gasteiger partial charge in [0.2, 0.25) is 5.79 Å². The number of hydrogen-bond acceptors (Lipinski definition) is 3. The van der Waals surface area contributed by atoms with Gasteiger partial charge in [0.05, 0.1) is 12.1 Å². The molecule has 4 heteroatoms. The van der Waals surface area contributed by atoms with Crippen molar-refractivity contribution in [1.82, 2.24) is 0 Å². The summed E-state index contributed by atoms with van der Waals surface area (Å²) in [5.74, 6) is -1.43. The van der Waals surface area contributed by atoms with Crippen LogP contribution < -0.4 is 0 Å². The van der Waals surface area contributed by atoms with E-state index >= 15 is 0 Å². The lowest BCUT2D eigenvalue weighted by molar-refractivity contribution is -0.0809. The molecule has 1 heterocycles. The molecule has 3 nitrogen and oxygen atoms in total. The maximum absolute atomic E-state index is 8.93. The van der Waals surface area contributed by atoms with Crippen molar-refractivity contribution in [3.63, 3.8) is 0 Å². The van der Waals surface area contributed by atoms with Crippen molar-refractivity contribution in [3.05, 3.63) is 24.2 Å². The molecule has 1 rings (SSSR count). The standard InChI is InChI=1S/C6H7ClO3/c7-4-5-3-6(8,9)1-2-10-5/h1-3,8-9H,4H2. The number of halogens is 1. The molecule has 0 spiro atoms. The number of rotatable bonds is 1. The lowest BCUT2D eigenvalue weighted by atomic mass is 10.2. The summed E-state index contributed by atoms with van der Waals surface area (Å²) in [6.45, 7) is 0. The van der Waals surface area contributed by atoms with E-state index in [1.54, 1.807) is 0 Å². The van der Waals surface area contributed by atoms with E-state index in [4.69, 9.17) is 26.6 Å². The smallest absolute Gasteiger partial charge is 0.209 e. The Balaban J connectivity index is 2.73. The van der Waals surface area contributed by atoms with Crippen LogP contribution in [0.1, 0.15) is 0 Å². The van der Waals surface area contributed by atoms with Crippen LogP contribution in [-0.2, 0) is 4.74 Å². The fourth-order valence-electron chi connectivity index (χ4n) is 0.611. The topological polar surface area (TPSA) is 49.7 Å². The minimum absolute atomic E-state index is 0.132.